The molecule has 1 aliphatic carbocycles. The molecule has 0 atom stereocenters. The molecule has 1 saturated heterocycles. The van der Waals surface area contributed by atoms with Crippen LogP contribution in [0.25, 0.3) is 0 Å². The van der Waals surface area contributed by atoms with E-state index in [1.807, 2.05) is 4.90 Å². The zero-order valence-corrected chi connectivity index (χ0v) is 13.3. The monoisotopic (exact) mass is 296 g/mol. The molecule has 2 N–H and O–H groups in total. The summed E-state index contributed by atoms with van der Waals surface area (Å²) in [5.41, 5.74) is 6.02. The molecule has 0 bridgehead atoms. The number of rotatable bonds is 4. The number of hydrogen-bond donors (Lipinski definition) is 1. The van der Waals surface area contributed by atoms with Gasteiger partial charge in [0.05, 0.1) is 6.54 Å². The van der Waals surface area contributed by atoms with E-state index in [9.17, 15) is 9.59 Å². The Kier molecular flexibility index (Phi) is 5.22. The molecular formula is C15H28N4O2. The highest BCUT2D eigenvalue weighted by Crippen LogP contribution is 2.30. The SMILES string of the molecule is CN(C)C(=O)CN1CCN(C(=O)CC2(N)CCCC2)CC1. The van der Waals surface area contributed by atoms with Crippen LogP contribution in [-0.2, 0) is 9.59 Å². The number of nitrogens with two attached hydrogens (primary N) is 1. The van der Waals surface area contributed by atoms with Crippen LogP contribution >= 0.6 is 0 Å². The maximum absolute atomic E-state index is 12.3. The summed E-state index contributed by atoms with van der Waals surface area (Å²) in [6, 6.07) is 0. The van der Waals surface area contributed by atoms with Crippen molar-refractivity contribution in [1.82, 2.24) is 14.7 Å². The topological polar surface area (TPSA) is 69.9 Å². The molecule has 0 unspecified atom stereocenters. The Labute approximate surface area is 127 Å². The van der Waals surface area contributed by atoms with E-state index in [4.69, 9.17) is 5.73 Å². The average Bonchev–Trinajstić information content (AvgIpc) is 2.85. The van der Waals surface area contributed by atoms with Crippen LogP contribution in [0.2, 0.25) is 0 Å². The highest BCUT2D eigenvalue weighted by molar-refractivity contribution is 5.78. The van der Waals surface area contributed by atoms with Crippen molar-refractivity contribution in [1.29, 1.82) is 0 Å². The van der Waals surface area contributed by atoms with Crippen LogP contribution in [0, 0.1) is 0 Å². The van der Waals surface area contributed by atoms with Gasteiger partial charge in [-0.2, -0.15) is 0 Å². The molecule has 1 heterocycles. The minimum Gasteiger partial charge on any atom is -0.348 e. The molecule has 0 aromatic heterocycles. The van der Waals surface area contributed by atoms with E-state index in [1.54, 1.807) is 19.0 Å². The summed E-state index contributed by atoms with van der Waals surface area (Å²) in [7, 11) is 3.54. The molecule has 2 fully saturated rings. The second-order valence-corrected chi connectivity index (χ2v) is 6.69. The van der Waals surface area contributed by atoms with Gasteiger partial charge in [0.2, 0.25) is 11.8 Å². The fraction of sp³-hybridized carbons (Fsp3) is 0.867. The first-order valence-electron chi connectivity index (χ1n) is 7.89. The lowest BCUT2D eigenvalue weighted by atomic mass is 9.94. The maximum atomic E-state index is 12.3. The molecule has 0 aromatic rings. The van der Waals surface area contributed by atoms with Gasteiger partial charge in [-0.15, -0.1) is 0 Å². The van der Waals surface area contributed by atoms with E-state index in [-0.39, 0.29) is 17.4 Å². The van der Waals surface area contributed by atoms with Crippen molar-refractivity contribution < 1.29 is 9.59 Å². The summed E-state index contributed by atoms with van der Waals surface area (Å²) in [6.07, 6.45) is 4.70. The summed E-state index contributed by atoms with van der Waals surface area (Å²) in [4.78, 5) is 29.7. The summed E-state index contributed by atoms with van der Waals surface area (Å²) in [6.45, 7) is 3.38. The van der Waals surface area contributed by atoms with E-state index < -0.39 is 0 Å². The number of hydrogen-bond acceptors (Lipinski definition) is 4. The van der Waals surface area contributed by atoms with Crippen molar-refractivity contribution >= 4 is 11.8 Å². The van der Waals surface area contributed by atoms with Gasteiger partial charge >= 0.3 is 0 Å². The lowest BCUT2D eigenvalue weighted by molar-refractivity contribution is -0.135. The third kappa shape index (κ3) is 4.41. The third-order valence-electron chi connectivity index (χ3n) is 4.69. The first-order chi connectivity index (χ1) is 9.89. The third-order valence-corrected chi connectivity index (χ3v) is 4.69. The zero-order valence-electron chi connectivity index (χ0n) is 13.3. The fourth-order valence-electron chi connectivity index (χ4n) is 3.16. The van der Waals surface area contributed by atoms with Crippen molar-refractivity contribution in [2.75, 3.05) is 46.8 Å². The first kappa shape index (κ1) is 16.2. The number of carbonyl (C=O) groups is 2. The molecule has 0 radical (unpaired) electrons. The Morgan fingerprint density at radius 3 is 2.19 bits per heavy atom. The van der Waals surface area contributed by atoms with Crippen LogP contribution in [0.5, 0.6) is 0 Å². The zero-order chi connectivity index (χ0) is 15.5. The van der Waals surface area contributed by atoms with E-state index in [0.29, 0.717) is 26.1 Å². The van der Waals surface area contributed by atoms with Gasteiger partial charge in [0, 0.05) is 52.2 Å². The van der Waals surface area contributed by atoms with Gasteiger partial charge in [0.15, 0.2) is 0 Å². The first-order valence-corrected chi connectivity index (χ1v) is 7.89. The standard InChI is InChI=1S/C15H28N4O2/c1-17(2)14(21)12-18-7-9-19(10-8-18)13(20)11-15(16)5-3-4-6-15/h3-12,16H2,1-2H3. The second-order valence-electron chi connectivity index (χ2n) is 6.69. The lowest BCUT2D eigenvalue weighted by Crippen LogP contribution is -2.52. The van der Waals surface area contributed by atoms with Gasteiger partial charge in [-0.25, -0.2) is 0 Å². The Morgan fingerprint density at radius 2 is 1.67 bits per heavy atom. The number of carbonyl (C=O) groups excluding carboxylic acids is 2. The van der Waals surface area contributed by atoms with E-state index in [1.165, 1.54) is 0 Å². The van der Waals surface area contributed by atoms with E-state index in [0.717, 1.165) is 38.8 Å². The largest absolute Gasteiger partial charge is 0.348 e. The predicted octanol–water partition coefficient (Wildman–Crippen LogP) is -0.120. The van der Waals surface area contributed by atoms with Crippen LogP contribution in [0.15, 0.2) is 0 Å². The molecule has 2 rings (SSSR count). The van der Waals surface area contributed by atoms with Crippen LogP contribution in [0.3, 0.4) is 0 Å². The van der Waals surface area contributed by atoms with Crippen molar-refractivity contribution in [2.24, 2.45) is 5.73 Å². The minimum atomic E-state index is -0.269. The molecule has 6 heteroatoms. The van der Waals surface area contributed by atoms with Gasteiger partial charge in [0.1, 0.15) is 0 Å². The number of piperazine rings is 1. The normalized spacial score (nSPS) is 22.3. The Hall–Kier alpha value is -1.14. The van der Waals surface area contributed by atoms with Gasteiger partial charge in [-0.1, -0.05) is 12.8 Å². The van der Waals surface area contributed by atoms with Crippen LogP contribution < -0.4 is 5.73 Å². The van der Waals surface area contributed by atoms with Gasteiger partial charge in [0.25, 0.3) is 0 Å². The summed E-state index contributed by atoms with van der Waals surface area (Å²) < 4.78 is 0. The number of nitrogens with zero attached hydrogens (tertiary/aromatic N) is 3. The van der Waals surface area contributed by atoms with Crippen LogP contribution in [-0.4, -0.2) is 78.9 Å². The maximum Gasteiger partial charge on any atom is 0.236 e. The van der Waals surface area contributed by atoms with Crippen molar-refractivity contribution in [3.05, 3.63) is 0 Å². The summed E-state index contributed by atoms with van der Waals surface area (Å²) in [5, 5.41) is 0. The molecule has 0 spiro atoms. The smallest absolute Gasteiger partial charge is 0.236 e. The van der Waals surface area contributed by atoms with Gasteiger partial charge in [-0.3, -0.25) is 14.5 Å². The lowest BCUT2D eigenvalue weighted by Gasteiger charge is -2.36. The number of likely N-dealkylation sites (N-methyl/N-ethyl adjacent to an activating group) is 1. The Bertz CT molecular complexity index is 383. The fourth-order valence-corrected chi connectivity index (χ4v) is 3.16. The van der Waals surface area contributed by atoms with Crippen molar-refractivity contribution in [3.8, 4) is 0 Å². The van der Waals surface area contributed by atoms with Crippen LogP contribution in [0.4, 0.5) is 0 Å². The molecule has 0 aromatic carbocycles. The minimum absolute atomic E-state index is 0.113. The van der Waals surface area contributed by atoms with Crippen molar-refractivity contribution in [3.63, 3.8) is 0 Å². The highest BCUT2D eigenvalue weighted by atomic mass is 16.2. The average molecular weight is 296 g/mol. The van der Waals surface area contributed by atoms with Gasteiger partial charge in [-0.05, 0) is 12.8 Å². The van der Waals surface area contributed by atoms with E-state index >= 15 is 0 Å². The van der Waals surface area contributed by atoms with Crippen molar-refractivity contribution in [2.45, 2.75) is 37.6 Å². The quantitative estimate of drug-likeness (QED) is 0.785. The molecule has 1 saturated carbocycles. The molecule has 2 amide bonds. The summed E-state index contributed by atoms with van der Waals surface area (Å²) in [5.74, 6) is 0.291. The number of amides is 2. The second kappa shape index (κ2) is 6.75. The molecule has 2 aliphatic rings. The molecule has 1 aliphatic heterocycles. The highest BCUT2D eigenvalue weighted by Gasteiger charge is 2.34. The van der Waals surface area contributed by atoms with E-state index in [2.05, 4.69) is 4.90 Å². The molecular weight excluding hydrogens is 268 g/mol. The summed E-state index contributed by atoms with van der Waals surface area (Å²) >= 11 is 0. The van der Waals surface area contributed by atoms with Gasteiger partial charge < -0.3 is 15.5 Å². The molecule has 6 nitrogen and oxygen atoms in total. The Balaban J connectivity index is 1.75. The molecule has 120 valence electrons. The molecule has 21 heavy (non-hydrogen) atoms. The predicted molar refractivity (Wildman–Crippen MR) is 81.7 cm³/mol. The Morgan fingerprint density at radius 1 is 1.10 bits per heavy atom. The van der Waals surface area contributed by atoms with Crippen LogP contribution in [0.1, 0.15) is 32.1 Å².